The lowest BCUT2D eigenvalue weighted by molar-refractivity contribution is -0.121. The molecule has 39 heavy (non-hydrogen) atoms. The van der Waals surface area contributed by atoms with Crippen LogP contribution in [0.1, 0.15) is 51.1 Å². The van der Waals surface area contributed by atoms with Crippen molar-refractivity contribution in [3.63, 3.8) is 0 Å². The summed E-state index contributed by atoms with van der Waals surface area (Å²) in [6, 6.07) is 16.6. The fourth-order valence-electron chi connectivity index (χ4n) is 4.90. The Bertz CT molecular complexity index is 1290. The lowest BCUT2D eigenvalue weighted by Crippen LogP contribution is -2.44. The third kappa shape index (κ3) is 7.16. The molecule has 4 N–H and O–H groups in total. The number of para-hydroxylation sites is 1. The quantitative estimate of drug-likeness (QED) is 0.317. The maximum absolute atomic E-state index is 12.6. The van der Waals surface area contributed by atoms with E-state index in [4.69, 9.17) is 5.73 Å². The Morgan fingerprint density at radius 2 is 1.87 bits per heavy atom. The van der Waals surface area contributed by atoms with Crippen LogP contribution in [-0.2, 0) is 20.9 Å². The van der Waals surface area contributed by atoms with E-state index in [-0.39, 0.29) is 36.9 Å². The molecule has 10 nitrogen and oxygen atoms in total. The first-order valence-corrected chi connectivity index (χ1v) is 13.3. The highest BCUT2D eigenvalue weighted by molar-refractivity contribution is 5.95. The van der Waals surface area contributed by atoms with Crippen LogP contribution in [0.4, 0.5) is 16.2 Å². The molecule has 0 unspecified atom stereocenters. The lowest BCUT2D eigenvalue weighted by atomic mass is 9.91. The number of anilines is 2. The molecular weight excluding hydrogens is 496 g/mol. The van der Waals surface area contributed by atoms with Gasteiger partial charge in [0.1, 0.15) is 0 Å². The first-order chi connectivity index (χ1) is 18.9. The van der Waals surface area contributed by atoms with Gasteiger partial charge in [-0.2, -0.15) is 5.10 Å². The SMILES string of the molecule is CCC(=O)N1c2ccccc2[C@H](Nc2ccc(-c3cnn(CCNC(=O)CCCOC(N)=O)c3)cc2)C[C@@H]1C. The van der Waals surface area contributed by atoms with Crippen LogP contribution in [0, 0.1) is 0 Å². The van der Waals surface area contributed by atoms with Crippen LogP contribution in [0.15, 0.2) is 60.9 Å². The largest absolute Gasteiger partial charge is 0.450 e. The van der Waals surface area contributed by atoms with Gasteiger partial charge in [-0.25, -0.2) is 4.79 Å². The second-order valence-electron chi connectivity index (χ2n) is 9.65. The summed E-state index contributed by atoms with van der Waals surface area (Å²) in [5.41, 5.74) is 10.1. The average Bonchev–Trinajstić information content (AvgIpc) is 3.40. The maximum atomic E-state index is 12.6. The van der Waals surface area contributed by atoms with Gasteiger partial charge in [0.05, 0.1) is 25.4 Å². The first-order valence-electron chi connectivity index (χ1n) is 13.3. The Hall–Kier alpha value is -4.34. The Kier molecular flexibility index (Phi) is 9.19. The molecule has 2 aromatic carbocycles. The van der Waals surface area contributed by atoms with E-state index in [2.05, 4.69) is 57.7 Å². The molecule has 0 aliphatic carbocycles. The molecule has 206 valence electrons. The second-order valence-corrected chi connectivity index (χ2v) is 9.65. The molecule has 0 saturated carbocycles. The zero-order valence-electron chi connectivity index (χ0n) is 22.4. The number of ether oxygens (including phenoxy) is 1. The molecule has 0 bridgehead atoms. The van der Waals surface area contributed by atoms with Crippen LogP contribution >= 0.6 is 0 Å². The van der Waals surface area contributed by atoms with Gasteiger partial charge in [0.2, 0.25) is 11.8 Å². The monoisotopic (exact) mass is 532 g/mol. The van der Waals surface area contributed by atoms with Gasteiger partial charge in [0, 0.05) is 48.6 Å². The summed E-state index contributed by atoms with van der Waals surface area (Å²) in [6.45, 7) is 5.12. The molecule has 1 aliphatic heterocycles. The normalized spacial score (nSPS) is 16.3. The highest BCUT2D eigenvalue weighted by Crippen LogP contribution is 2.39. The number of primary amides is 1. The predicted octanol–water partition coefficient (Wildman–Crippen LogP) is 4.23. The molecule has 10 heteroatoms. The van der Waals surface area contributed by atoms with E-state index in [0.717, 1.165) is 34.5 Å². The van der Waals surface area contributed by atoms with Gasteiger partial charge in [-0.1, -0.05) is 37.3 Å². The van der Waals surface area contributed by atoms with E-state index in [9.17, 15) is 14.4 Å². The fourth-order valence-corrected chi connectivity index (χ4v) is 4.90. The topological polar surface area (TPSA) is 132 Å². The van der Waals surface area contributed by atoms with Crippen molar-refractivity contribution in [2.45, 2.75) is 58.2 Å². The Morgan fingerprint density at radius 1 is 1.10 bits per heavy atom. The zero-order chi connectivity index (χ0) is 27.8. The van der Waals surface area contributed by atoms with E-state index in [1.807, 2.05) is 42.4 Å². The summed E-state index contributed by atoms with van der Waals surface area (Å²) in [5.74, 6) is 0.0334. The predicted molar refractivity (Wildman–Crippen MR) is 150 cm³/mol. The highest BCUT2D eigenvalue weighted by atomic mass is 16.5. The van der Waals surface area contributed by atoms with Gasteiger partial charge < -0.3 is 26.0 Å². The summed E-state index contributed by atoms with van der Waals surface area (Å²) in [7, 11) is 0. The van der Waals surface area contributed by atoms with Crippen LogP contribution in [0.5, 0.6) is 0 Å². The third-order valence-electron chi connectivity index (χ3n) is 6.81. The number of hydrogen-bond acceptors (Lipinski definition) is 6. The van der Waals surface area contributed by atoms with Crippen molar-refractivity contribution < 1.29 is 19.1 Å². The molecule has 3 aromatic rings. The minimum absolute atomic E-state index is 0.107. The van der Waals surface area contributed by atoms with E-state index in [1.54, 1.807) is 4.68 Å². The van der Waals surface area contributed by atoms with Crippen LogP contribution in [0.2, 0.25) is 0 Å². The number of benzene rings is 2. The van der Waals surface area contributed by atoms with Crippen LogP contribution in [0.25, 0.3) is 11.1 Å². The highest BCUT2D eigenvalue weighted by Gasteiger charge is 2.32. The number of nitrogens with zero attached hydrogens (tertiary/aromatic N) is 3. The van der Waals surface area contributed by atoms with Gasteiger partial charge in [-0.15, -0.1) is 0 Å². The van der Waals surface area contributed by atoms with Gasteiger partial charge in [0.15, 0.2) is 0 Å². The van der Waals surface area contributed by atoms with Crippen molar-refractivity contribution in [2.24, 2.45) is 5.73 Å². The molecule has 1 aliphatic rings. The van der Waals surface area contributed by atoms with Crippen molar-refractivity contribution in [3.05, 3.63) is 66.5 Å². The van der Waals surface area contributed by atoms with E-state index in [1.165, 1.54) is 0 Å². The van der Waals surface area contributed by atoms with E-state index < -0.39 is 6.09 Å². The Morgan fingerprint density at radius 3 is 2.62 bits per heavy atom. The number of hydrogen-bond donors (Lipinski definition) is 3. The Balaban J connectivity index is 1.31. The summed E-state index contributed by atoms with van der Waals surface area (Å²) >= 11 is 0. The van der Waals surface area contributed by atoms with Crippen molar-refractivity contribution in [3.8, 4) is 11.1 Å². The molecule has 0 fully saturated rings. The number of fused-ring (bicyclic) bond motifs is 1. The van der Waals surface area contributed by atoms with Crippen molar-refractivity contribution in [1.82, 2.24) is 15.1 Å². The smallest absolute Gasteiger partial charge is 0.404 e. The van der Waals surface area contributed by atoms with Crippen molar-refractivity contribution in [1.29, 1.82) is 0 Å². The summed E-state index contributed by atoms with van der Waals surface area (Å²) < 4.78 is 6.41. The molecule has 4 rings (SSSR count). The number of nitrogens with two attached hydrogens (primary N) is 1. The minimum atomic E-state index is -0.835. The maximum Gasteiger partial charge on any atom is 0.404 e. The number of rotatable bonds is 11. The molecule has 3 amide bonds. The van der Waals surface area contributed by atoms with Crippen LogP contribution < -0.4 is 21.3 Å². The minimum Gasteiger partial charge on any atom is -0.450 e. The third-order valence-corrected chi connectivity index (χ3v) is 6.81. The first kappa shape index (κ1) is 27.7. The molecular formula is C29H36N6O4. The second kappa shape index (κ2) is 12.9. The standard InChI is InChI=1S/C29H36N6O4/c1-3-28(37)35-20(2)17-25(24-7-4-5-8-26(24)35)33-23-12-10-21(11-13-23)22-18-32-34(19-22)15-14-31-27(36)9-6-16-39-29(30)38/h4-5,7-8,10-13,18-20,25,33H,3,6,9,14-17H2,1-2H3,(H2,30,38)(H,31,36)/t20-,25+/m0/s1. The number of nitrogens with one attached hydrogen (secondary N) is 2. The number of carbonyl (C=O) groups is 3. The summed E-state index contributed by atoms with van der Waals surface area (Å²) in [4.78, 5) is 37.0. The molecule has 1 aromatic heterocycles. The molecule has 2 atom stereocenters. The van der Waals surface area contributed by atoms with Gasteiger partial charge >= 0.3 is 6.09 Å². The van der Waals surface area contributed by atoms with E-state index >= 15 is 0 Å². The van der Waals surface area contributed by atoms with Crippen LogP contribution in [-0.4, -0.2) is 46.9 Å². The number of aromatic nitrogens is 2. The zero-order valence-corrected chi connectivity index (χ0v) is 22.4. The van der Waals surface area contributed by atoms with Crippen molar-refractivity contribution in [2.75, 3.05) is 23.4 Å². The molecule has 0 radical (unpaired) electrons. The lowest BCUT2D eigenvalue weighted by Gasteiger charge is -2.40. The molecule has 0 saturated heterocycles. The number of carbonyl (C=O) groups excluding carboxylic acids is 3. The molecule has 2 heterocycles. The van der Waals surface area contributed by atoms with Gasteiger partial charge in [-0.05, 0) is 49.1 Å². The fraction of sp³-hybridized carbons (Fsp3) is 0.379. The van der Waals surface area contributed by atoms with Gasteiger partial charge in [-0.3, -0.25) is 14.3 Å². The summed E-state index contributed by atoms with van der Waals surface area (Å²) in [5, 5.41) is 10.9. The Labute approximate surface area is 228 Å². The summed E-state index contributed by atoms with van der Waals surface area (Å²) in [6.07, 6.45) is 4.93. The average molecular weight is 533 g/mol. The van der Waals surface area contributed by atoms with Gasteiger partial charge in [0.25, 0.3) is 0 Å². The van der Waals surface area contributed by atoms with Crippen molar-refractivity contribution >= 4 is 29.3 Å². The van der Waals surface area contributed by atoms with E-state index in [0.29, 0.717) is 25.9 Å². The van der Waals surface area contributed by atoms with Crippen LogP contribution in [0.3, 0.4) is 0 Å². The molecule has 0 spiro atoms. The number of amides is 3.